The summed E-state index contributed by atoms with van der Waals surface area (Å²) < 4.78 is 0. The number of hydrogen-bond acceptors (Lipinski definition) is 3. The fourth-order valence-electron chi connectivity index (χ4n) is 2.19. The van der Waals surface area contributed by atoms with Gasteiger partial charge in [0, 0.05) is 19.0 Å². The lowest BCUT2D eigenvalue weighted by molar-refractivity contribution is -0.117. The van der Waals surface area contributed by atoms with Crippen LogP contribution in [0.2, 0.25) is 0 Å². The van der Waals surface area contributed by atoms with E-state index in [0.29, 0.717) is 6.42 Å². The van der Waals surface area contributed by atoms with Gasteiger partial charge in [0.05, 0.1) is 4.88 Å². The first-order valence-electron chi connectivity index (χ1n) is 5.52. The van der Waals surface area contributed by atoms with Crippen molar-refractivity contribution in [1.29, 1.82) is 0 Å². The van der Waals surface area contributed by atoms with Crippen molar-refractivity contribution in [3.05, 3.63) is 22.4 Å². The van der Waals surface area contributed by atoms with Gasteiger partial charge in [0.2, 0.25) is 0 Å². The Bertz CT molecular complexity index is 386. The molecule has 2 heterocycles. The highest BCUT2D eigenvalue weighted by molar-refractivity contribution is 7.12. The monoisotopic (exact) mass is 237 g/mol. The lowest BCUT2D eigenvalue weighted by Gasteiger charge is -2.23. The average molecular weight is 237 g/mol. The van der Waals surface area contributed by atoms with Crippen molar-refractivity contribution in [3.63, 3.8) is 0 Å². The Morgan fingerprint density at radius 1 is 1.56 bits per heavy atom. The molecule has 4 heteroatoms. The largest absolute Gasteiger partial charge is 0.335 e. The summed E-state index contributed by atoms with van der Waals surface area (Å²) in [5.74, 6) is 0.245. The first-order chi connectivity index (χ1) is 7.68. The molecule has 1 aliphatic heterocycles. The summed E-state index contributed by atoms with van der Waals surface area (Å²) in [7, 11) is 0. The van der Waals surface area contributed by atoms with Gasteiger partial charge >= 0.3 is 0 Å². The molecule has 1 aliphatic rings. The van der Waals surface area contributed by atoms with Gasteiger partial charge in [-0.25, -0.2) is 0 Å². The lowest BCUT2D eigenvalue weighted by atomic mass is 10.1. The minimum atomic E-state index is 0.0822. The highest BCUT2D eigenvalue weighted by Gasteiger charge is 2.30. The van der Waals surface area contributed by atoms with E-state index >= 15 is 0 Å². The van der Waals surface area contributed by atoms with Gasteiger partial charge in [-0.05, 0) is 31.2 Å². The molecular weight excluding hydrogens is 222 g/mol. The third kappa shape index (κ3) is 2.32. The number of ketones is 1. The fourth-order valence-corrected chi connectivity index (χ4v) is 2.87. The number of Topliss-reactive ketones (excluding diaryl/α,β-unsaturated/α-hetero) is 1. The Labute approximate surface area is 99.1 Å². The lowest BCUT2D eigenvalue weighted by Crippen LogP contribution is -2.36. The van der Waals surface area contributed by atoms with Crippen molar-refractivity contribution in [2.24, 2.45) is 0 Å². The Balaban J connectivity index is 2.08. The van der Waals surface area contributed by atoms with Crippen LogP contribution >= 0.6 is 11.3 Å². The summed E-state index contributed by atoms with van der Waals surface area (Å²) in [6, 6.07) is 3.84. The highest BCUT2D eigenvalue weighted by Crippen LogP contribution is 2.24. The number of carbonyl (C=O) groups excluding carboxylic acids is 2. The van der Waals surface area contributed by atoms with Gasteiger partial charge in [-0.2, -0.15) is 0 Å². The van der Waals surface area contributed by atoms with Crippen LogP contribution in [0.1, 0.15) is 35.9 Å². The molecule has 1 fully saturated rings. The third-order valence-corrected chi connectivity index (χ3v) is 3.75. The molecule has 1 saturated heterocycles. The molecule has 0 radical (unpaired) electrons. The maximum Gasteiger partial charge on any atom is 0.264 e. The molecule has 16 heavy (non-hydrogen) atoms. The van der Waals surface area contributed by atoms with Crippen LogP contribution in [0.3, 0.4) is 0 Å². The molecule has 1 aromatic heterocycles. The van der Waals surface area contributed by atoms with E-state index in [1.807, 2.05) is 22.4 Å². The van der Waals surface area contributed by atoms with Gasteiger partial charge < -0.3 is 4.90 Å². The minimum Gasteiger partial charge on any atom is -0.335 e. The van der Waals surface area contributed by atoms with E-state index in [4.69, 9.17) is 0 Å². The molecule has 1 aromatic rings. The molecule has 0 bridgehead atoms. The van der Waals surface area contributed by atoms with E-state index in [2.05, 4.69) is 0 Å². The van der Waals surface area contributed by atoms with Crippen LogP contribution in [0.4, 0.5) is 0 Å². The van der Waals surface area contributed by atoms with Crippen molar-refractivity contribution in [1.82, 2.24) is 4.90 Å². The van der Waals surface area contributed by atoms with E-state index in [9.17, 15) is 9.59 Å². The molecule has 2 rings (SSSR count). The number of thiophene rings is 1. The molecule has 0 N–H and O–H groups in total. The van der Waals surface area contributed by atoms with Gasteiger partial charge in [-0.15, -0.1) is 11.3 Å². The summed E-state index contributed by atoms with van der Waals surface area (Å²) in [5, 5.41) is 1.91. The smallest absolute Gasteiger partial charge is 0.264 e. The molecule has 0 saturated carbocycles. The van der Waals surface area contributed by atoms with E-state index in [0.717, 1.165) is 24.3 Å². The van der Waals surface area contributed by atoms with Crippen molar-refractivity contribution < 1.29 is 9.59 Å². The van der Waals surface area contributed by atoms with Crippen LogP contribution in [0.5, 0.6) is 0 Å². The zero-order chi connectivity index (χ0) is 11.5. The van der Waals surface area contributed by atoms with Crippen molar-refractivity contribution in [2.45, 2.75) is 32.2 Å². The normalized spacial score (nSPS) is 20.1. The Morgan fingerprint density at radius 2 is 2.38 bits per heavy atom. The van der Waals surface area contributed by atoms with Crippen LogP contribution < -0.4 is 0 Å². The van der Waals surface area contributed by atoms with Gasteiger partial charge in [0.15, 0.2) is 0 Å². The maximum atomic E-state index is 12.1. The summed E-state index contributed by atoms with van der Waals surface area (Å²) in [6.45, 7) is 2.38. The van der Waals surface area contributed by atoms with E-state index < -0.39 is 0 Å². The molecule has 0 aliphatic carbocycles. The molecule has 0 spiro atoms. The second-order valence-electron chi connectivity index (χ2n) is 4.18. The first-order valence-corrected chi connectivity index (χ1v) is 6.40. The predicted octanol–water partition coefficient (Wildman–Crippen LogP) is 2.33. The SMILES string of the molecule is CC(=O)CC1CCCN1C(=O)c1cccs1. The summed E-state index contributed by atoms with van der Waals surface area (Å²) in [6.07, 6.45) is 2.46. The van der Waals surface area contributed by atoms with E-state index in [1.54, 1.807) is 6.92 Å². The van der Waals surface area contributed by atoms with Crippen molar-refractivity contribution in [2.75, 3.05) is 6.54 Å². The van der Waals surface area contributed by atoms with Crippen LogP contribution in [0.25, 0.3) is 0 Å². The second-order valence-corrected chi connectivity index (χ2v) is 5.13. The summed E-state index contributed by atoms with van der Waals surface area (Å²) >= 11 is 1.46. The van der Waals surface area contributed by atoms with E-state index in [-0.39, 0.29) is 17.7 Å². The number of likely N-dealkylation sites (tertiary alicyclic amines) is 1. The molecule has 0 aromatic carbocycles. The summed E-state index contributed by atoms with van der Waals surface area (Å²) in [4.78, 5) is 25.9. The number of carbonyl (C=O) groups is 2. The molecule has 86 valence electrons. The number of hydrogen-bond donors (Lipinski definition) is 0. The van der Waals surface area contributed by atoms with Gasteiger partial charge in [-0.1, -0.05) is 6.07 Å². The first kappa shape index (κ1) is 11.3. The standard InChI is InChI=1S/C12H15NO2S/c1-9(14)8-10-4-2-6-13(10)12(15)11-5-3-7-16-11/h3,5,7,10H,2,4,6,8H2,1H3. The maximum absolute atomic E-state index is 12.1. The molecule has 1 unspecified atom stereocenters. The van der Waals surface area contributed by atoms with Crippen molar-refractivity contribution in [3.8, 4) is 0 Å². The van der Waals surface area contributed by atoms with Gasteiger partial charge in [0.1, 0.15) is 5.78 Å². The zero-order valence-electron chi connectivity index (χ0n) is 9.31. The number of amides is 1. The highest BCUT2D eigenvalue weighted by atomic mass is 32.1. The Hall–Kier alpha value is -1.16. The minimum absolute atomic E-state index is 0.0822. The number of nitrogens with zero attached hydrogens (tertiary/aromatic N) is 1. The van der Waals surface area contributed by atoms with Crippen LogP contribution in [0.15, 0.2) is 17.5 Å². The predicted molar refractivity (Wildman–Crippen MR) is 63.7 cm³/mol. The number of rotatable bonds is 3. The van der Waals surface area contributed by atoms with Crippen LogP contribution in [-0.2, 0) is 4.79 Å². The quantitative estimate of drug-likeness (QED) is 0.809. The van der Waals surface area contributed by atoms with Crippen molar-refractivity contribution >= 4 is 23.0 Å². The second kappa shape index (κ2) is 4.78. The summed E-state index contributed by atoms with van der Waals surface area (Å²) in [5.41, 5.74) is 0. The molecule has 1 atom stereocenters. The topological polar surface area (TPSA) is 37.4 Å². The average Bonchev–Trinajstić information content (AvgIpc) is 2.84. The van der Waals surface area contributed by atoms with E-state index in [1.165, 1.54) is 11.3 Å². The third-order valence-electron chi connectivity index (χ3n) is 2.89. The van der Waals surface area contributed by atoms with Crippen LogP contribution in [0, 0.1) is 0 Å². The molecule has 3 nitrogen and oxygen atoms in total. The Morgan fingerprint density at radius 3 is 3.00 bits per heavy atom. The Kier molecular flexibility index (Phi) is 3.39. The zero-order valence-corrected chi connectivity index (χ0v) is 10.1. The van der Waals surface area contributed by atoms with Gasteiger partial charge in [0.25, 0.3) is 5.91 Å². The van der Waals surface area contributed by atoms with Gasteiger partial charge in [-0.3, -0.25) is 9.59 Å². The molecular formula is C12H15NO2S. The molecule has 1 amide bonds. The van der Waals surface area contributed by atoms with Crippen LogP contribution in [-0.4, -0.2) is 29.2 Å². The fraction of sp³-hybridized carbons (Fsp3) is 0.500.